The van der Waals surface area contributed by atoms with Crippen LogP contribution in [-0.2, 0) is 6.54 Å². The molecule has 5 heteroatoms. The summed E-state index contributed by atoms with van der Waals surface area (Å²) in [5, 5.41) is 13.3. The number of phenolic OH excluding ortho intramolecular Hbond substituents is 1. The van der Waals surface area contributed by atoms with Crippen LogP contribution in [-0.4, -0.2) is 12.2 Å². The lowest BCUT2D eigenvalue weighted by atomic mass is 10.1. The summed E-state index contributed by atoms with van der Waals surface area (Å²) in [6.07, 6.45) is 0. The maximum atomic E-state index is 9.96. The molecule has 0 aliphatic carbocycles. The molecular weight excluding hydrogens is 282 g/mol. The van der Waals surface area contributed by atoms with Crippen molar-refractivity contribution in [2.45, 2.75) is 19.5 Å². The van der Waals surface area contributed by atoms with Gasteiger partial charge in [-0.25, -0.2) is 0 Å². The van der Waals surface area contributed by atoms with Crippen molar-refractivity contribution >= 4 is 22.9 Å². The van der Waals surface area contributed by atoms with Crippen LogP contribution >= 0.6 is 22.9 Å². The molecule has 3 nitrogen and oxygen atoms in total. The van der Waals surface area contributed by atoms with Crippen molar-refractivity contribution in [1.82, 2.24) is 5.32 Å². The number of halogens is 1. The van der Waals surface area contributed by atoms with Gasteiger partial charge in [0.1, 0.15) is 11.5 Å². The fourth-order valence-corrected chi connectivity index (χ4v) is 2.87. The van der Waals surface area contributed by atoms with Crippen LogP contribution in [0.25, 0.3) is 0 Å². The Morgan fingerprint density at radius 2 is 2.16 bits per heavy atom. The summed E-state index contributed by atoms with van der Waals surface area (Å²) in [6.45, 7) is 2.74. The average molecular weight is 298 g/mol. The number of phenols is 1. The van der Waals surface area contributed by atoms with E-state index in [1.807, 2.05) is 31.2 Å². The number of benzene rings is 1. The van der Waals surface area contributed by atoms with Crippen molar-refractivity contribution in [2.75, 3.05) is 7.11 Å². The molecule has 0 bridgehead atoms. The van der Waals surface area contributed by atoms with E-state index < -0.39 is 0 Å². The van der Waals surface area contributed by atoms with E-state index >= 15 is 0 Å². The molecule has 0 radical (unpaired) electrons. The number of rotatable bonds is 5. The van der Waals surface area contributed by atoms with Gasteiger partial charge < -0.3 is 15.2 Å². The first-order valence-corrected chi connectivity index (χ1v) is 7.14. The SMILES string of the molecule is COc1ccc(C(C)NCc2ccc(Cl)s2)c(O)c1. The third-order valence-electron chi connectivity index (χ3n) is 2.92. The highest BCUT2D eigenvalue weighted by Gasteiger charge is 2.11. The Kier molecular flexibility index (Phi) is 4.69. The Morgan fingerprint density at radius 3 is 2.74 bits per heavy atom. The summed E-state index contributed by atoms with van der Waals surface area (Å²) in [4.78, 5) is 1.17. The van der Waals surface area contributed by atoms with E-state index in [1.54, 1.807) is 24.5 Å². The Labute approximate surface area is 121 Å². The molecule has 0 aliphatic rings. The zero-order valence-corrected chi connectivity index (χ0v) is 12.4. The zero-order chi connectivity index (χ0) is 13.8. The highest BCUT2D eigenvalue weighted by molar-refractivity contribution is 7.16. The van der Waals surface area contributed by atoms with Crippen LogP contribution in [0.5, 0.6) is 11.5 Å². The third-order valence-corrected chi connectivity index (χ3v) is 4.15. The number of ether oxygens (including phenoxy) is 1. The molecule has 2 aromatic rings. The third kappa shape index (κ3) is 3.62. The smallest absolute Gasteiger partial charge is 0.124 e. The average Bonchev–Trinajstić information content (AvgIpc) is 2.81. The monoisotopic (exact) mass is 297 g/mol. The van der Waals surface area contributed by atoms with Gasteiger partial charge in [0.25, 0.3) is 0 Å². The predicted molar refractivity (Wildman–Crippen MR) is 79.2 cm³/mol. The fourth-order valence-electron chi connectivity index (χ4n) is 1.83. The minimum Gasteiger partial charge on any atom is -0.507 e. The molecule has 1 atom stereocenters. The first-order valence-electron chi connectivity index (χ1n) is 5.94. The lowest BCUT2D eigenvalue weighted by molar-refractivity contribution is 0.404. The Hall–Kier alpha value is -1.23. The summed E-state index contributed by atoms with van der Waals surface area (Å²) in [5.74, 6) is 0.891. The van der Waals surface area contributed by atoms with Gasteiger partial charge in [0.15, 0.2) is 0 Å². The predicted octanol–water partition coefficient (Wildman–Crippen LogP) is 3.97. The van der Waals surface area contributed by atoms with Crippen molar-refractivity contribution in [3.8, 4) is 11.5 Å². The number of hydrogen-bond acceptors (Lipinski definition) is 4. The molecule has 0 amide bonds. The summed E-state index contributed by atoms with van der Waals surface area (Å²) < 4.78 is 5.86. The van der Waals surface area contributed by atoms with Crippen molar-refractivity contribution in [1.29, 1.82) is 0 Å². The van der Waals surface area contributed by atoms with Gasteiger partial charge in [0, 0.05) is 29.1 Å². The van der Waals surface area contributed by atoms with Gasteiger partial charge in [-0.05, 0) is 25.1 Å². The minimum atomic E-state index is 0.0479. The second-order valence-electron chi connectivity index (χ2n) is 4.23. The van der Waals surface area contributed by atoms with Crippen LogP contribution in [0, 0.1) is 0 Å². The molecule has 0 spiro atoms. The molecule has 1 aromatic heterocycles. The Bertz CT molecular complexity index is 556. The van der Waals surface area contributed by atoms with Crippen molar-refractivity contribution < 1.29 is 9.84 Å². The molecule has 1 aromatic carbocycles. The first kappa shape index (κ1) is 14.2. The van der Waals surface area contributed by atoms with E-state index in [2.05, 4.69) is 5.32 Å². The highest BCUT2D eigenvalue weighted by atomic mass is 35.5. The van der Waals surface area contributed by atoms with Crippen LogP contribution < -0.4 is 10.1 Å². The molecular formula is C14H16ClNO2S. The molecule has 2 N–H and O–H groups in total. The number of thiophene rings is 1. The topological polar surface area (TPSA) is 41.5 Å². The molecule has 0 saturated heterocycles. The van der Waals surface area contributed by atoms with Gasteiger partial charge in [-0.1, -0.05) is 17.7 Å². The van der Waals surface area contributed by atoms with Crippen LogP contribution in [0.3, 0.4) is 0 Å². The van der Waals surface area contributed by atoms with E-state index in [9.17, 15) is 5.11 Å². The molecule has 0 fully saturated rings. The molecule has 0 aliphatic heterocycles. The normalized spacial score (nSPS) is 12.4. The summed E-state index contributed by atoms with van der Waals surface area (Å²) >= 11 is 7.44. The maximum absolute atomic E-state index is 9.96. The van der Waals surface area contributed by atoms with E-state index in [4.69, 9.17) is 16.3 Å². The number of aromatic hydroxyl groups is 1. The Morgan fingerprint density at radius 1 is 1.37 bits per heavy atom. The Balaban J connectivity index is 2.01. The van der Waals surface area contributed by atoms with E-state index in [1.165, 1.54) is 4.88 Å². The molecule has 1 unspecified atom stereocenters. The second-order valence-corrected chi connectivity index (χ2v) is 6.03. The highest BCUT2D eigenvalue weighted by Crippen LogP contribution is 2.29. The number of nitrogens with one attached hydrogen (secondary N) is 1. The first-order chi connectivity index (χ1) is 9.10. The van der Waals surface area contributed by atoms with Crippen molar-refractivity contribution in [3.63, 3.8) is 0 Å². The lowest BCUT2D eigenvalue weighted by Crippen LogP contribution is -2.17. The van der Waals surface area contributed by atoms with E-state index in [-0.39, 0.29) is 11.8 Å². The van der Waals surface area contributed by atoms with Crippen LogP contribution in [0.2, 0.25) is 4.34 Å². The molecule has 102 valence electrons. The van der Waals surface area contributed by atoms with Gasteiger partial charge >= 0.3 is 0 Å². The molecule has 0 saturated carbocycles. The van der Waals surface area contributed by atoms with Crippen molar-refractivity contribution in [2.24, 2.45) is 0 Å². The fraction of sp³-hybridized carbons (Fsp3) is 0.286. The largest absolute Gasteiger partial charge is 0.507 e. The van der Waals surface area contributed by atoms with Gasteiger partial charge in [-0.15, -0.1) is 11.3 Å². The minimum absolute atomic E-state index is 0.0479. The van der Waals surface area contributed by atoms with Gasteiger partial charge in [-0.3, -0.25) is 0 Å². The summed E-state index contributed by atoms with van der Waals surface area (Å²) in [6, 6.07) is 9.27. The van der Waals surface area contributed by atoms with Crippen LogP contribution in [0.1, 0.15) is 23.4 Å². The molecule has 2 rings (SSSR count). The summed E-state index contributed by atoms with van der Waals surface area (Å²) in [7, 11) is 1.58. The van der Waals surface area contributed by atoms with Gasteiger partial charge in [0.2, 0.25) is 0 Å². The molecule has 19 heavy (non-hydrogen) atoms. The summed E-state index contributed by atoms with van der Waals surface area (Å²) in [5.41, 5.74) is 0.850. The molecule has 1 heterocycles. The van der Waals surface area contributed by atoms with E-state index in [0.29, 0.717) is 5.75 Å². The number of hydrogen-bond donors (Lipinski definition) is 2. The van der Waals surface area contributed by atoms with Crippen molar-refractivity contribution in [3.05, 3.63) is 45.1 Å². The second kappa shape index (κ2) is 6.28. The van der Waals surface area contributed by atoms with E-state index in [0.717, 1.165) is 16.4 Å². The maximum Gasteiger partial charge on any atom is 0.124 e. The van der Waals surface area contributed by atoms with Crippen LogP contribution in [0.15, 0.2) is 30.3 Å². The quantitative estimate of drug-likeness (QED) is 0.877. The zero-order valence-electron chi connectivity index (χ0n) is 10.8. The lowest BCUT2D eigenvalue weighted by Gasteiger charge is -2.15. The number of methoxy groups -OCH3 is 1. The van der Waals surface area contributed by atoms with Gasteiger partial charge in [-0.2, -0.15) is 0 Å². The standard InChI is InChI=1S/C14H16ClNO2S/c1-9(16-8-11-4-6-14(15)19-11)12-5-3-10(18-2)7-13(12)17/h3-7,9,16-17H,8H2,1-2H3. The van der Waals surface area contributed by atoms with Crippen LogP contribution in [0.4, 0.5) is 0 Å². The van der Waals surface area contributed by atoms with Gasteiger partial charge in [0.05, 0.1) is 11.4 Å².